The number of benzene rings is 1. The second-order valence-corrected chi connectivity index (χ2v) is 4.46. The summed E-state index contributed by atoms with van der Waals surface area (Å²) in [5.74, 6) is -0.469. The van der Waals surface area contributed by atoms with E-state index in [1.165, 1.54) is 24.4 Å². The fourth-order valence-corrected chi connectivity index (χ4v) is 1.82. The molecule has 108 valence electrons. The van der Waals surface area contributed by atoms with Crippen LogP contribution in [0.15, 0.2) is 36.5 Å². The molecular weight excluding hydrogens is 296 g/mol. The van der Waals surface area contributed by atoms with Crippen molar-refractivity contribution < 1.29 is 9.72 Å². The highest BCUT2D eigenvalue weighted by molar-refractivity contribution is 6.32. The number of nitro groups is 1. The van der Waals surface area contributed by atoms with Crippen LogP contribution in [0.1, 0.15) is 10.5 Å². The number of halogens is 1. The Morgan fingerprint density at radius 3 is 2.71 bits per heavy atom. The lowest BCUT2D eigenvalue weighted by atomic mass is 10.2. The van der Waals surface area contributed by atoms with Crippen LogP contribution < -0.4 is 10.6 Å². The number of nitrogens with zero attached hydrogens (tertiary/aromatic N) is 2. The standard InChI is InChI=1S/C13H11ClN4O3/c1-15-8-4-5-16-11(6-8)13(19)17-9-2-3-10(14)12(7-9)18(20)21/h2-7H,1H3,(H,15,16)(H,17,19). The van der Waals surface area contributed by atoms with Crippen LogP contribution >= 0.6 is 11.6 Å². The molecule has 1 aromatic carbocycles. The van der Waals surface area contributed by atoms with Crippen LogP contribution in [0.3, 0.4) is 0 Å². The first kappa shape index (κ1) is 14.7. The van der Waals surface area contributed by atoms with E-state index in [0.717, 1.165) is 5.69 Å². The molecule has 0 bridgehead atoms. The van der Waals surface area contributed by atoms with Crippen molar-refractivity contribution in [3.05, 3.63) is 57.4 Å². The van der Waals surface area contributed by atoms with Gasteiger partial charge in [-0.1, -0.05) is 11.6 Å². The van der Waals surface area contributed by atoms with Gasteiger partial charge in [0.2, 0.25) is 0 Å². The van der Waals surface area contributed by atoms with Gasteiger partial charge in [0, 0.05) is 30.7 Å². The lowest BCUT2D eigenvalue weighted by Gasteiger charge is -2.06. The van der Waals surface area contributed by atoms with E-state index in [1.54, 1.807) is 19.2 Å². The van der Waals surface area contributed by atoms with Crippen molar-refractivity contribution in [1.29, 1.82) is 0 Å². The average Bonchev–Trinajstić information content (AvgIpc) is 2.49. The zero-order chi connectivity index (χ0) is 15.4. The molecular formula is C13H11ClN4O3. The maximum absolute atomic E-state index is 12.0. The summed E-state index contributed by atoms with van der Waals surface area (Å²) in [7, 11) is 1.72. The van der Waals surface area contributed by atoms with Crippen LogP contribution in [0.2, 0.25) is 5.02 Å². The number of hydrogen-bond donors (Lipinski definition) is 2. The van der Waals surface area contributed by atoms with Crippen molar-refractivity contribution in [3.8, 4) is 0 Å². The zero-order valence-corrected chi connectivity index (χ0v) is 11.7. The van der Waals surface area contributed by atoms with Gasteiger partial charge in [-0.25, -0.2) is 0 Å². The lowest BCUT2D eigenvalue weighted by molar-refractivity contribution is -0.384. The van der Waals surface area contributed by atoms with Crippen molar-refractivity contribution in [2.75, 3.05) is 17.7 Å². The van der Waals surface area contributed by atoms with Gasteiger partial charge < -0.3 is 10.6 Å². The summed E-state index contributed by atoms with van der Waals surface area (Å²) in [6.45, 7) is 0. The van der Waals surface area contributed by atoms with Crippen LogP contribution in [-0.2, 0) is 0 Å². The molecule has 0 aliphatic carbocycles. The van der Waals surface area contributed by atoms with Crippen molar-refractivity contribution in [3.63, 3.8) is 0 Å². The largest absolute Gasteiger partial charge is 0.388 e. The van der Waals surface area contributed by atoms with E-state index in [4.69, 9.17) is 11.6 Å². The van der Waals surface area contributed by atoms with Crippen molar-refractivity contribution in [2.45, 2.75) is 0 Å². The predicted molar refractivity (Wildman–Crippen MR) is 79.8 cm³/mol. The van der Waals surface area contributed by atoms with Crippen LogP contribution in [0.5, 0.6) is 0 Å². The maximum atomic E-state index is 12.0. The Morgan fingerprint density at radius 2 is 2.05 bits per heavy atom. The van der Waals surface area contributed by atoms with E-state index in [2.05, 4.69) is 15.6 Å². The van der Waals surface area contributed by atoms with E-state index < -0.39 is 10.8 Å². The molecule has 8 heteroatoms. The second-order valence-electron chi connectivity index (χ2n) is 4.06. The van der Waals surface area contributed by atoms with Gasteiger partial charge in [0.05, 0.1) is 4.92 Å². The first-order chi connectivity index (χ1) is 10.0. The average molecular weight is 307 g/mol. The quantitative estimate of drug-likeness (QED) is 0.668. The predicted octanol–water partition coefficient (Wildman–Crippen LogP) is 2.94. The van der Waals surface area contributed by atoms with E-state index >= 15 is 0 Å². The van der Waals surface area contributed by atoms with E-state index in [0.29, 0.717) is 0 Å². The molecule has 0 saturated heterocycles. The Hall–Kier alpha value is -2.67. The first-order valence-corrected chi connectivity index (χ1v) is 6.28. The van der Waals surface area contributed by atoms with Gasteiger partial charge in [-0.05, 0) is 24.3 Å². The molecule has 0 saturated carbocycles. The summed E-state index contributed by atoms with van der Waals surface area (Å²) >= 11 is 5.71. The smallest absolute Gasteiger partial charge is 0.289 e. The summed E-state index contributed by atoms with van der Waals surface area (Å²) in [4.78, 5) is 26.2. The minimum atomic E-state index is -0.613. The number of carbonyl (C=O) groups is 1. The fraction of sp³-hybridized carbons (Fsp3) is 0.0769. The van der Waals surface area contributed by atoms with Gasteiger partial charge in [0.15, 0.2) is 0 Å². The summed E-state index contributed by atoms with van der Waals surface area (Å²) < 4.78 is 0. The third kappa shape index (κ3) is 3.46. The molecule has 0 atom stereocenters. The Labute approximate surface area is 125 Å². The Morgan fingerprint density at radius 1 is 1.29 bits per heavy atom. The monoisotopic (exact) mass is 306 g/mol. The van der Waals surface area contributed by atoms with Gasteiger partial charge in [-0.3, -0.25) is 19.9 Å². The Kier molecular flexibility index (Phi) is 4.34. The minimum absolute atomic E-state index is 0.00769. The molecule has 1 aromatic heterocycles. The van der Waals surface area contributed by atoms with Gasteiger partial charge >= 0.3 is 0 Å². The van der Waals surface area contributed by atoms with E-state index in [-0.39, 0.29) is 22.1 Å². The van der Waals surface area contributed by atoms with Crippen molar-refractivity contribution >= 4 is 34.6 Å². The molecule has 21 heavy (non-hydrogen) atoms. The minimum Gasteiger partial charge on any atom is -0.388 e. The molecule has 0 unspecified atom stereocenters. The topological polar surface area (TPSA) is 97.2 Å². The SMILES string of the molecule is CNc1ccnc(C(=O)Nc2ccc(Cl)c([N+](=O)[O-])c2)c1. The zero-order valence-electron chi connectivity index (χ0n) is 11.0. The van der Waals surface area contributed by atoms with Crippen molar-refractivity contribution in [1.82, 2.24) is 4.98 Å². The number of rotatable bonds is 4. The van der Waals surface area contributed by atoms with Crippen LogP contribution in [0.25, 0.3) is 0 Å². The number of pyridine rings is 1. The summed E-state index contributed by atoms with van der Waals surface area (Å²) in [5.41, 5.74) is 0.927. The Bertz CT molecular complexity index is 706. The molecule has 2 rings (SSSR count). The third-order valence-electron chi connectivity index (χ3n) is 2.68. The van der Waals surface area contributed by atoms with E-state index in [9.17, 15) is 14.9 Å². The molecule has 2 N–H and O–H groups in total. The number of amides is 1. The molecule has 0 radical (unpaired) electrons. The molecule has 0 spiro atoms. The highest BCUT2D eigenvalue weighted by Crippen LogP contribution is 2.27. The van der Waals surface area contributed by atoms with Gasteiger partial charge in [0.1, 0.15) is 10.7 Å². The van der Waals surface area contributed by atoms with Crippen LogP contribution in [-0.4, -0.2) is 22.9 Å². The van der Waals surface area contributed by atoms with E-state index in [1.807, 2.05) is 0 Å². The summed E-state index contributed by atoms with van der Waals surface area (Å²) in [6.07, 6.45) is 1.49. The highest BCUT2D eigenvalue weighted by atomic mass is 35.5. The molecule has 0 aliphatic heterocycles. The van der Waals surface area contributed by atoms with Crippen LogP contribution in [0, 0.1) is 10.1 Å². The normalized spacial score (nSPS) is 10.0. The Balaban J connectivity index is 2.23. The third-order valence-corrected chi connectivity index (χ3v) is 3.00. The van der Waals surface area contributed by atoms with Crippen molar-refractivity contribution in [2.24, 2.45) is 0 Å². The number of hydrogen-bond acceptors (Lipinski definition) is 5. The molecule has 2 aromatic rings. The number of carbonyl (C=O) groups excluding carboxylic acids is 1. The van der Waals surface area contributed by atoms with Gasteiger partial charge in [-0.15, -0.1) is 0 Å². The lowest BCUT2D eigenvalue weighted by Crippen LogP contribution is -2.14. The summed E-state index contributed by atoms with van der Waals surface area (Å²) in [5, 5.41) is 16.2. The first-order valence-electron chi connectivity index (χ1n) is 5.90. The molecule has 7 nitrogen and oxygen atoms in total. The number of nitrogens with one attached hydrogen (secondary N) is 2. The number of nitro benzene ring substituents is 1. The van der Waals surface area contributed by atoms with Gasteiger partial charge in [-0.2, -0.15) is 0 Å². The second kappa shape index (κ2) is 6.19. The molecule has 0 fully saturated rings. The van der Waals surface area contributed by atoms with Gasteiger partial charge in [0.25, 0.3) is 11.6 Å². The number of anilines is 2. The fourth-order valence-electron chi connectivity index (χ4n) is 1.64. The summed E-state index contributed by atoms with van der Waals surface area (Å²) in [6, 6.07) is 7.31. The highest BCUT2D eigenvalue weighted by Gasteiger charge is 2.15. The van der Waals surface area contributed by atoms with Crippen LogP contribution in [0.4, 0.5) is 17.1 Å². The molecule has 1 heterocycles. The molecule has 0 aliphatic rings. The maximum Gasteiger partial charge on any atom is 0.289 e. The molecule has 1 amide bonds. The number of aromatic nitrogens is 1.